The van der Waals surface area contributed by atoms with Crippen LogP contribution in [-0.2, 0) is 10.0 Å². The monoisotopic (exact) mass is 399 g/mol. The molecule has 3 aromatic rings. The van der Waals surface area contributed by atoms with Gasteiger partial charge in [0.15, 0.2) is 0 Å². The van der Waals surface area contributed by atoms with Gasteiger partial charge in [-0.2, -0.15) is 0 Å². The van der Waals surface area contributed by atoms with Crippen molar-refractivity contribution in [2.45, 2.75) is 38.0 Å². The number of aromatic amines is 1. The molecule has 28 heavy (non-hydrogen) atoms. The van der Waals surface area contributed by atoms with Crippen LogP contribution in [0.4, 0.5) is 5.69 Å². The fourth-order valence-corrected chi connectivity index (χ4v) is 3.95. The van der Waals surface area contributed by atoms with Gasteiger partial charge in [-0.05, 0) is 54.3 Å². The van der Waals surface area contributed by atoms with Gasteiger partial charge < -0.3 is 10.3 Å². The van der Waals surface area contributed by atoms with E-state index in [2.05, 4.69) is 28.9 Å². The summed E-state index contributed by atoms with van der Waals surface area (Å²) in [4.78, 5) is 15.4. The molecule has 0 fully saturated rings. The van der Waals surface area contributed by atoms with Crippen molar-refractivity contribution in [2.24, 2.45) is 0 Å². The Labute approximate surface area is 165 Å². The number of hydrogen-bond acceptors (Lipinski definition) is 3. The maximum absolute atomic E-state index is 12.7. The third-order valence-corrected chi connectivity index (χ3v) is 5.91. The molecule has 0 aliphatic carbocycles. The summed E-state index contributed by atoms with van der Waals surface area (Å²) in [6.45, 7) is 6.71. The molecule has 1 aromatic heterocycles. The summed E-state index contributed by atoms with van der Waals surface area (Å²) in [6, 6.07) is 13.7. The van der Waals surface area contributed by atoms with Gasteiger partial charge in [-0.25, -0.2) is 8.42 Å². The number of H-pyrrole nitrogens is 1. The van der Waals surface area contributed by atoms with Crippen molar-refractivity contribution < 1.29 is 13.2 Å². The van der Waals surface area contributed by atoms with Crippen LogP contribution in [0.5, 0.6) is 0 Å². The first-order chi connectivity index (χ1) is 13.3. The molecule has 148 valence electrons. The standard InChI is InChI=1S/C21H25N3O3S/c1-4-11-22-21(25)20-13-16-12-17(7-10-19(16)23-20)24-28(26,27)18-8-5-15(6-9-18)14(2)3/h5-10,12-14,23-24H,4,11H2,1-3H3,(H,22,25). The largest absolute Gasteiger partial charge is 0.351 e. The van der Waals surface area contributed by atoms with Crippen molar-refractivity contribution in [3.05, 3.63) is 59.8 Å². The number of carbonyl (C=O) groups is 1. The molecule has 0 bridgehead atoms. The van der Waals surface area contributed by atoms with E-state index in [1.54, 1.807) is 36.4 Å². The molecule has 0 saturated heterocycles. The minimum absolute atomic E-state index is 0.176. The molecule has 0 saturated carbocycles. The normalized spacial score (nSPS) is 11.7. The van der Waals surface area contributed by atoms with Gasteiger partial charge in [0, 0.05) is 23.1 Å². The van der Waals surface area contributed by atoms with E-state index < -0.39 is 10.0 Å². The highest BCUT2D eigenvalue weighted by Crippen LogP contribution is 2.23. The summed E-state index contributed by atoms with van der Waals surface area (Å²) in [6.07, 6.45) is 0.857. The Morgan fingerprint density at radius 1 is 1.07 bits per heavy atom. The number of benzene rings is 2. The molecule has 3 N–H and O–H groups in total. The molecule has 3 rings (SSSR count). The summed E-state index contributed by atoms with van der Waals surface area (Å²) in [7, 11) is -3.69. The Hall–Kier alpha value is -2.80. The van der Waals surface area contributed by atoms with E-state index in [1.165, 1.54) is 0 Å². The van der Waals surface area contributed by atoms with Gasteiger partial charge in [-0.3, -0.25) is 9.52 Å². The van der Waals surface area contributed by atoms with Gasteiger partial charge >= 0.3 is 0 Å². The van der Waals surface area contributed by atoms with E-state index in [-0.39, 0.29) is 10.8 Å². The third-order valence-electron chi connectivity index (χ3n) is 4.51. The molecular formula is C21H25N3O3S. The second kappa shape index (κ2) is 8.06. The van der Waals surface area contributed by atoms with Crippen LogP contribution in [0, 0.1) is 0 Å². The summed E-state index contributed by atoms with van der Waals surface area (Å²) >= 11 is 0. The first kappa shape index (κ1) is 19.9. The highest BCUT2D eigenvalue weighted by molar-refractivity contribution is 7.92. The van der Waals surface area contributed by atoms with E-state index in [0.717, 1.165) is 22.9 Å². The van der Waals surface area contributed by atoms with E-state index in [1.807, 2.05) is 19.1 Å². The molecule has 0 aliphatic heterocycles. The average molecular weight is 400 g/mol. The molecule has 0 radical (unpaired) electrons. The SMILES string of the molecule is CCCNC(=O)c1cc2cc(NS(=O)(=O)c3ccc(C(C)C)cc3)ccc2[nH]1. The topological polar surface area (TPSA) is 91.1 Å². The zero-order chi connectivity index (χ0) is 20.3. The number of nitrogens with one attached hydrogen (secondary N) is 3. The average Bonchev–Trinajstić information content (AvgIpc) is 3.09. The molecule has 1 heterocycles. The highest BCUT2D eigenvalue weighted by Gasteiger charge is 2.15. The van der Waals surface area contributed by atoms with Gasteiger partial charge in [0.1, 0.15) is 5.69 Å². The van der Waals surface area contributed by atoms with E-state index in [0.29, 0.717) is 23.8 Å². The van der Waals surface area contributed by atoms with Crippen LogP contribution in [0.15, 0.2) is 53.4 Å². The van der Waals surface area contributed by atoms with Crippen LogP contribution in [0.2, 0.25) is 0 Å². The van der Waals surface area contributed by atoms with Crippen LogP contribution < -0.4 is 10.0 Å². The fraction of sp³-hybridized carbons (Fsp3) is 0.286. The summed E-state index contributed by atoms with van der Waals surface area (Å²) in [5.41, 5.74) is 2.75. The lowest BCUT2D eigenvalue weighted by atomic mass is 10.0. The minimum Gasteiger partial charge on any atom is -0.351 e. The van der Waals surface area contributed by atoms with Crippen LogP contribution in [0.25, 0.3) is 10.9 Å². The van der Waals surface area contributed by atoms with Gasteiger partial charge in [-0.15, -0.1) is 0 Å². The quantitative estimate of drug-likeness (QED) is 0.555. The van der Waals surface area contributed by atoms with E-state index in [9.17, 15) is 13.2 Å². The van der Waals surface area contributed by atoms with Crippen molar-refractivity contribution >= 4 is 32.5 Å². The van der Waals surface area contributed by atoms with Crippen LogP contribution >= 0.6 is 0 Å². The molecule has 0 atom stereocenters. The Bertz CT molecular complexity index is 1080. The van der Waals surface area contributed by atoms with Gasteiger partial charge in [-0.1, -0.05) is 32.9 Å². The lowest BCUT2D eigenvalue weighted by Crippen LogP contribution is -2.24. The molecule has 0 aliphatic rings. The first-order valence-corrected chi connectivity index (χ1v) is 10.8. The predicted molar refractivity (Wildman–Crippen MR) is 112 cm³/mol. The van der Waals surface area contributed by atoms with Crippen LogP contribution in [0.1, 0.15) is 49.2 Å². The maximum atomic E-state index is 12.7. The Morgan fingerprint density at radius 2 is 1.79 bits per heavy atom. The van der Waals surface area contributed by atoms with Crippen molar-refractivity contribution in [1.82, 2.24) is 10.3 Å². The second-order valence-electron chi connectivity index (χ2n) is 7.07. The number of amides is 1. The fourth-order valence-electron chi connectivity index (χ4n) is 2.90. The molecule has 6 nitrogen and oxygen atoms in total. The molecule has 7 heteroatoms. The second-order valence-corrected chi connectivity index (χ2v) is 8.75. The summed E-state index contributed by atoms with van der Waals surface area (Å²) in [5, 5.41) is 3.58. The van der Waals surface area contributed by atoms with Crippen LogP contribution in [-0.4, -0.2) is 25.9 Å². The number of carbonyl (C=O) groups excluding carboxylic acids is 1. The lowest BCUT2D eigenvalue weighted by Gasteiger charge is -2.10. The van der Waals surface area contributed by atoms with Gasteiger partial charge in [0.25, 0.3) is 15.9 Å². The Morgan fingerprint density at radius 3 is 2.43 bits per heavy atom. The zero-order valence-corrected chi connectivity index (χ0v) is 17.1. The van der Waals surface area contributed by atoms with Crippen LogP contribution in [0.3, 0.4) is 0 Å². The number of aromatic nitrogens is 1. The molecular weight excluding hydrogens is 374 g/mol. The van der Waals surface area contributed by atoms with E-state index in [4.69, 9.17) is 0 Å². The highest BCUT2D eigenvalue weighted by atomic mass is 32.2. The maximum Gasteiger partial charge on any atom is 0.267 e. The minimum atomic E-state index is -3.69. The van der Waals surface area contributed by atoms with E-state index >= 15 is 0 Å². The van der Waals surface area contributed by atoms with Gasteiger partial charge in [0.05, 0.1) is 4.90 Å². The van der Waals surface area contributed by atoms with Crippen molar-refractivity contribution in [3.8, 4) is 0 Å². The van der Waals surface area contributed by atoms with Crippen molar-refractivity contribution in [1.29, 1.82) is 0 Å². The van der Waals surface area contributed by atoms with Crippen molar-refractivity contribution in [3.63, 3.8) is 0 Å². The Balaban J connectivity index is 1.82. The molecule has 1 amide bonds. The number of anilines is 1. The molecule has 2 aromatic carbocycles. The number of fused-ring (bicyclic) bond motifs is 1. The number of rotatable bonds is 7. The summed E-state index contributed by atoms with van der Waals surface area (Å²) in [5.74, 6) is 0.162. The molecule has 0 spiro atoms. The Kier molecular flexibility index (Phi) is 5.74. The first-order valence-electron chi connectivity index (χ1n) is 9.34. The lowest BCUT2D eigenvalue weighted by molar-refractivity contribution is 0.0949. The smallest absolute Gasteiger partial charge is 0.267 e. The zero-order valence-electron chi connectivity index (χ0n) is 16.2. The number of sulfonamides is 1. The molecule has 0 unspecified atom stereocenters. The number of hydrogen-bond donors (Lipinski definition) is 3. The van der Waals surface area contributed by atoms with Gasteiger partial charge in [0.2, 0.25) is 0 Å². The predicted octanol–water partition coefficient (Wildman–Crippen LogP) is 4.23. The third kappa shape index (κ3) is 4.36. The summed E-state index contributed by atoms with van der Waals surface area (Å²) < 4.78 is 27.9. The van der Waals surface area contributed by atoms with Crippen molar-refractivity contribution in [2.75, 3.05) is 11.3 Å².